The Morgan fingerprint density at radius 3 is 0.714 bits per heavy atom. The highest BCUT2D eigenvalue weighted by Gasteiger charge is 2.05. The average molecular weight is 376 g/mol. The van der Waals surface area contributed by atoms with Gasteiger partial charge in [0.2, 0.25) is 0 Å². The highest BCUT2D eigenvalue weighted by molar-refractivity contribution is 5.30. The van der Waals surface area contributed by atoms with E-state index in [1.54, 1.807) is 24.3 Å². The summed E-state index contributed by atoms with van der Waals surface area (Å²) in [7, 11) is 0. The third-order valence-corrected chi connectivity index (χ3v) is 5.09. The van der Waals surface area contributed by atoms with Crippen LogP contribution in [0.25, 0.3) is 0 Å². The third kappa shape index (κ3) is 2.53. The van der Waals surface area contributed by atoms with E-state index in [1.165, 1.54) is 48.5 Å². The molecule has 0 fully saturated rings. The number of benzene rings is 4. The van der Waals surface area contributed by atoms with E-state index in [9.17, 15) is 17.6 Å². The second kappa shape index (κ2) is 6.06. The molecule has 0 amide bonds. The molecule has 0 unspecified atom stereocenters. The van der Waals surface area contributed by atoms with Crippen LogP contribution in [0.2, 0.25) is 0 Å². The molecule has 0 saturated carbocycles. The maximum absolute atomic E-state index is 14.1. The second-order valence-electron chi connectivity index (χ2n) is 6.76. The Kier molecular flexibility index (Phi) is 3.63. The molecule has 0 spiro atoms. The Morgan fingerprint density at radius 1 is 0.286 bits per heavy atom. The summed E-state index contributed by atoms with van der Waals surface area (Å²) in [6.07, 6.45) is 0. The van der Waals surface area contributed by atoms with Gasteiger partial charge in [-0.2, -0.15) is 0 Å². The first-order valence-electron chi connectivity index (χ1n) is 8.71. The minimum absolute atomic E-state index is 0.461. The fourth-order valence-corrected chi connectivity index (χ4v) is 3.90. The van der Waals surface area contributed by atoms with Crippen molar-refractivity contribution in [1.82, 2.24) is 0 Å². The van der Waals surface area contributed by atoms with Crippen LogP contribution in [0, 0.1) is 65.0 Å². The zero-order chi connectivity index (χ0) is 19.4. The number of halogens is 4. The summed E-state index contributed by atoms with van der Waals surface area (Å²) in [6, 6.07) is 16.9. The van der Waals surface area contributed by atoms with Crippen LogP contribution < -0.4 is 0 Å². The lowest BCUT2D eigenvalue weighted by atomic mass is 10.0. The number of rotatable bonds is 0. The van der Waals surface area contributed by atoms with Gasteiger partial charge < -0.3 is 0 Å². The van der Waals surface area contributed by atoms with Gasteiger partial charge in [0.1, 0.15) is 23.3 Å². The van der Waals surface area contributed by atoms with Crippen molar-refractivity contribution in [2.75, 3.05) is 0 Å². The Balaban J connectivity index is 2.42. The van der Waals surface area contributed by atoms with Gasteiger partial charge in [-0.15, -0.1) is 0 Å². The van der Waals surface area contributed by atoms with E-state index in [2.05, 4.69) is 0 Å². The molecule has 0 nitrogen and oxygen atoms in total. The first-order valence-corrected chi connectivity index (χ1v) is 8.71. The molecule has 28 heavy (non-hydrogen) atoms. The van der Waals surface area contributed by atoms with Crippen molar-refractivity contribution in [3.05, 3.63) is 138 Å². The first-order chi connectivity index (χ1) is 13.5. The molecular weight excluding hydrogens is 364 g/mol. The summed E-state index contributed by atoms with van der Waals surface area (Å²) in [5, 5.41) is 4.48. The van der Waals surface area contributed by atoms with E-state index in [0.717, 1.165) is 0 Å². The summed E-state index contributed by atoms with van der Waals surface area (Å²) in [4.78, 5) is 0. The van der Waals surface area contributed by atoms with Gasteiger partial charge in [-0.3, -0.25) is 0 Å². The maximum atomic E-state index is 14.1. The molecule has 5 rings (SSSR count). The molecule has 0 saturated heterocycles. The van der Waals surface area contributed by atoms with Crippen molar-refractivity contribution in [3.63, 3.8) is 0 Å². The predicted molar refractivity (Wildman–Crippen MR) is 96.3 cm³/mol. The van der Waals surface area contributed by atoms with Crippen molar-refractivity contribution in [2.45, 2.75) is 0 Å². The fourth-order valence-electron chi connectivity index (χ4n) is 3.90. The molecule has 0 N–H and O–H groups in total. The van der Waals surface area contributed by atoms with Gasteiger partial charge in [0.15, 0.2) is 0 Å². The summed E-state index contributed by atoms with van der Waals surface area (Å²) >= 11 is 0. The van der Waals surface area contributed by atoms with E-state index in [-0.39, 0.29) is 0 Å². The molecule has 0 radical (unpaired) electrons. The summed E-state index contributed by atoms with van der Waals surface area (Å²) in [6.45, 7) is 0. The Labute approximate surface area is 156 Å². The van der Waals surface area contributed by atoms with Crippen LogP contribution in [0.4, 0.5) is 17.6 Å². The van der Waals surface area contributed by atoms with Gasteiger partial charge in [-0.1, -0.05) is 24.3 Å². The molecule has 0 heterocycles. The Bertz CT molecular complexity index is 1410. The minimum atomic E-state index is -0.461. The van der Waals surface area contributed by atoms with Gasteiger partial charge in [0, 0.05) is 0 Å². The van der Waals surface area contributed by atoms with Crippen LogP contribution in [-0.4, -0.2) is 0 Å². The van der Waals surface area contributed by atoms with Gasteiger partial charge in [0.05, 0.1) is 0 Å². The monoisotopic (exact) mass is 376 g/mol. The van der Waals surface area contributed by atoms with E-state index in [1.807, 2.05) is 0 Å². The van der Waals surface area contributed by atoms with Crippen LogP contribution in [-0.2, 0) is 0 Å². The molecule has 4 aromatic carbocycles. The molecule has 4 heteroatoms. The normalized spacial score (nSPS) is 16.7. The summed E-state index contributed by atoms with van der Waals surface area (Å²) < 4.78 is 56.4. The van der Waals surface area contributed by atoms with Crippen LogP contribution in [0.3, 0.4) is 0 Å². The second-order valence-corrected chi connectivity index (χ2v) is 6.76. The number of hydrogen-bond donors (Lipinski definition) is 0. The topological polar surface area (TPSA) is 0 Å². The number of fused-ring (bicyclic) bond motifs is 4. The molecule has 0 bridgehead atoms. The molecule has 1 aliphatic carbocycles. The predicted octanol–water partition coefficient (Wildman–Crippen LogP) is 5.70. The molecule has 136 valence electrons. The van der Waals surface area contributed by atoms with Crippen LogP contribution in [0.1, 0.15) is 0 Å². The Hall–Kier alpha value is -3.40. The van der Waals surface area contributed by atoms with Gasteiger partial charge in [0.25, 0.3) is 0 Å². The minimum Gasteiger partial charge on any atom is -0.207 e. The van der Waals surface area contributed by atoms with E-state index in [4.69, 9.17) is 0 Å². The molecular formula is C24H12F4. The highest BCUT2D eigenvalue weighted by Crippen LogP contribution is 2.16. The fraction of sp³-hybridized carbons (Fsp3) is 0. The molecule has 4 aromatic rings. The standard InChI is InChI=1S/C24H12F4/c25-13-1-5-17-18-6-2-14(26)10-22(18)24-12-16(28)4-8-20(24)19-7-3-15(27)11-23(19)21(17)9-13/h1-12H/b18-17-,20-19-,23-21-,24-22-. The SMILES string of the molecule is Fc1ccc2/c(c1)=c1/cc(F)cc/c1=c1\ccc(F)c\c1=c1/cc(F)cc/c1=2. The van der Waals surface area contributed by atoms with Crippen LogP contribution in [0.15, 0.2) is 72.8 Å². The zero-order valence-electron chi connectivity index (χ0n) is 14.4. The zero-order valence-corrected chi connectivity index (χ0v) is 14.4. The lowest BCUT2D eigenvalue weighted by Gasteiger charge is -2.03. The lowest BCUT2D eigenvalue weighted by molar-refractivity contribution is 0.621. The van der Waals surface area contributed by atoms with Crippen molar-refractivity contribution < 1.29 is 17.6 Å². The third-order valence-electron chi connectivity index (χ3n) is 5.09. The largest absolute Gasteiger partial charge is 0.207 e. The van der Waals surface area contributed by atoms with Crippen molar-refractivity contribution in [2.24, 2.45) is 0 Å². The molecule has 0 aliphatic heterocycles. The quantitative estimate of drug-likeness (QED) is 0.304. The molecule has 0 aromatic heterocycles. The van der Waals surface area contributed by atoms with Crippen molar-refractivity contribution in [3.8, 4) is 0 Å². The van der Waals surface area contributed by atoms with Crippen LogP contribution in [0.5, 0.6) is 0 Å². The lowest BCUT2D eigenvalue weighted by Crippen LogP contribution is -1.93. The van der Waals surface area contributed by atoms with Gasteiger partial charge >= 0.3 is 0 Å². The smallest absolute Gasteiger partial charge is 0.123 e. The highest BCUT2D eigenvalue weighted by atomic mass is 19.1. The first kappa shape index (κ1) is 16.8. The van der Waals surface area contributed by atoms with Gasteiger partial charge in [-0.05, 0) is 90.3 Å². The molecule has 1 aliphatic rings. The van der Waals surface area contributed by atoms with E-state index >= 15 is 0 Å². The van der Waals surface area contributed by atoms with E-state index < -0.39 is 23.3 Å². The van der Waals surface area contributed by atoms with Crippen LogP contribution >= 0.6 is 0 Å². The summed E-state index contributed by atoms with van der Waals surface area (Å²) in [5.41, 5.74) is 0. The van der Waals surface area contributed by atoms with Crippen molar-refractivity contribution in [1.29, 1.82) is 0 Å². The Morgan fingerprint density at radius 2 is 0.500 bits per heavy atom. The van der Waals surface area contributed by atoms with Gasteiger partial charge in [-0.25, -0.2) is 17.6 Å². The number of hydrogen-bond acceptors (Lipinski definition) is 0. The summed E-state index contributed by atoms with van der Waals surface area (Å²) in [5.74, 6) is -1.84. The average Bonchev–Trinajstić information content (AvgIpc) is 2.67. The van der Waals surface area contributed by atoms with Crippen molar-refractivity contribution >= 4 is 0 Å². The maximum Gasteiger partial charge on any atom is 0.123 e. The van der Waals surface area contributed by atoms with E-state index in [0.29, 0.717) is 41.7 Å². The molecule has 0 atom stereocenters.